The van der Waals surface area contributed by atoms with Gasteiger partial charge >= 0.3 is 5.97 Å². The number of Topliss-reactive ketones (excluding diaryl/α,β-unsaturated/α-hetero) is 1. The number of thiazole rings is 1. The molecule has 0 aliphatic heterocycles. The zero-order valence-corrected chi connectivity index (χ0v) is 13.6. The molecule has 0 spiro atoms. The lowest BCUT2D eigenvalue weighted by Crippen LogP contribution is -2.13. The van der Waals surface area contributed by atoms with Gasteiger partial charge in [0.25, 0.3) is 0 Å². The third-order valence-corrected chi connectivity index (χ3v) is 4.26. The topological polar surface area (TPSA) is 56.3 Å². The van der Waals surface area contributed by atoms with Crippen LogP contribution in [0.5, 0.6) is 0 Å². The molecule has 0 atom stereocenters. The number of nitrogens with zero attached hydrogens (tertiary/aromatic N) is 1. The van der Waals surface area contributed by atoms with Crippen LogP contribution >= 0.6 is 11.3 Å². The minimum absolute atomic E-state index is 0.0677. The van der Waals surface area contributed by atoms with Gasteiger partial charge in [-0.15, -0.1) is 11.3 Å². The summed E-state index contributed by atoms with van der Waals surface area (Å²) in [6.45, 7) is -0.561. The van der Waals surface area contributed by atoms with E-state index in [1.165, 1.54) is 17.4 Å². The SMILES string of the molecule is O=C(/C=C/c1nc2ccccc2s1)OCC(=O)c1ccc(F)c(F)c1. The second-order valence-corrected chi connectivity index (χ2v) is 6.08. The van der Waals surface area contributed by atoms with E-state index in [1.807, 2.05) is 24.3 Å². The van der Waals surface area contributed by atoms with Crippen molar-refractivity contribution in [3.63, 3.8) is 0 Å². The molecule has 1 aromatic heterocycles. The van der Waals surface area contributed by atoms with Crippen LogP contribution in [0.3, 0.4) is 0 Å². The number of ether oxygens (including phenoxy) is 1. The highest BCUT2D eigenvalue weighted by Gasteiger charge is 2.11. The quantitative estimate of drug-likeness (QED) is 0.392. The number of aromatic nitrogens is 1. The molecule has 0 fully saturated rings. The van der Waals surface area contributed by atoms with E-state index in [0.29, 0.717) is 5.01 Å². The van der Waals surface area contributed by atoms with Crippen LogP contribution in [0.15, 0.2) is 48.5 Å². The van der Waals surface area contributed by atoms with Crippen molar-refractivity contribution < 1.29 is 23.1 Å². The smallest absolute Gasteiger partial charge is 0.331 e. The number of para-hydroxylation sites is 1. The fraction of sp³-hybridized carbons (Fsp3) is 0.0556. The van der Waals surface area contributed by atoms with Gasteiger partial charge in [0, 0.05) is 11.6 Å². The zero-order chi connectivity index (χ0) is 17.8. The van der Waals surface area contributed by atoms with Gasteiger partial charge in [0.2, 0.25) is 0 Å². The first-order chi connectivity index (χ1) is 12.0. The number of halogens is 2. The van der Waals surface area contributed by atoms with E-state index in [1.54, 1.807) is 0 Å². The van der Waals surface area contributed by atoms with E-state index in [2.05, 4.69) is 4.98 Å². The number of hydrogen-bond acceptors (Lipinski definition) is 5. The lowest BCUT2D eigenvalue weighted by atomic mass is 10.1. The van der Waals surface area contributed by atoms with E-state index in [9.17, 15) is 18.4 Å². The third kappa shape index (κ3) is 4.13. The fourth-order valence-corrected chi connectivity index (χ4v) is 2.91. The van der Waals surface area contributed by atoms with Crippen LogP contribution in [0, 0.1) is 11.6 Å². The summed E-state index contributed by atoms with van der Waals surface area (Å²) in [6, 6.07) is 10.3. The Labute approximate surface area is 145 Å². The van der Waals surface area contributed by atoms with Gasteiger partial charge in [0.15, 0.2) is 24.0 Å². The zero-order valence-electron chi connectivity index (χ0n) is 12.7. The Morgan fingerprint density at radius 2 is 1.92 bits per heavy atom. The molecule has 0 saturated carbocycles. The molecule has 4 nitrogen and oxygen atoms in total. The normalized spacial score (nSPS) is 11.1. The summed E-state index contributed by atoms with van der Waals surface area (Å²) in [5.41, 5.74) is 0.760. The first-order valence-electron chi connectivity index (χ1n) is 7.21. The molecule has 7 heteroatoms. The Bertz CT molecular complexity index is 948. The van der Waals surface area contributed by atoms with E-state index >= 15 is 0 Å². The maximum Gasteiger partial charge on any atom is 0.331 e. The lowest BCUT2D eigenvalue weighted by Gasteiger charge is -2.02. The maximum absolute atomic E-state index is 13.1. The summed E-state index contributed by atoms with van der Waals surface area (Å²) in [7, 11) is 0. The van der Waals surface area contributed by atoms with Crippen molar-refractivity contribution in [2.75, 3.05) is 6.61 Å². The standard InChI is InChI=1S/C18H11F2NO3S/c19-12-6-5-11(9-13(12)20)15(22)10-24-18(23)8-7-17-21-14-3-1-2-4-16(14)25-17/h1-9H,10H2/b8-7+. The Kier molecular flexibility index (Phi) is 4.95. The largest absolute Gasteiger partial charge is 0.454 e. The third-order valence-electron chi connectivity index (χ3n) is 3.26. The molecular weight excluding hydrogens is 348 g/mol. The van der Waals surface area contributed by atoms with Crippen molar-refractivity contribution in [1.82, 2.24) is 4.98 Å². The first-order valence-corrected chi connectivity index (χ1v) is 8.03. The molecule has 0 aliphatic carbocycles. The predicted octanol–water partition coefficient (Wildman–Crippen LogP) is 4.01. The van der Waals surface area contributed by atoms with E-state index < -0.39 is 30.0 Å². The van der Waals surface area contributed by atoms with Gasteiger partial charge in [-0.3, -0.25) is 4.79 Å². The minimum atomic E-state index is -1.13. The van der Waals surface area contributed by atoms with Crippen molar-refractivity contribution >= 4 is 39.4 Å². The minimum Gasteiger partial charge on any atom is -0.454 e. The molecule has 0 aliphatic rings. The van der Waals surface area contributed by atoms with Crippen molar-refractivity contribution in [1.29, 1.82) is 0 Å². The van der Waals surface area contributed by atoms with Gasteiger partial charge in [-0.2, -0.15) is 0 Å². The monoisotopic (exact) mass is 359 g/mol. The molecule has 0 N–H and O–H groups in total. The summed E-state index contributed by atoms with van der Waals surface area (Å²) in [5, 5.41) is 0.630. The number of rotatable bonds is 5. The molecule has 2 aromatic carbocycles. The van der Waals surface area contributed by atoms with Gasteiger partial charge in [0.05, 0.1) is 10.2 Å². The Morgan fingerprint density at radius 1 is 1.12 bits per heavy atom. The van der Waals surface area contributed by atoms with Crippen LogP contribution in [-0.2, 0) is 9.53 Å². The summed E-state index contributed by atoms with van der Waals surface area (Å²) in [5.74, 6) is -3.53. The fourth-order valence-electron chi connectivity index (χ4n) is 2.04. The number of carbonyl (C=O) groups is 2. The Hall–Kier alpha value is -2.93. The van der Waals surface area contributed by atoms with Crippen LogP contribution in [-0.4, -0.2) is 23.3 Å². The van der Waals surface area contributed by atoms with Crippen LogP contribution in [0.25, 0.3) is 16.3 Å². The highest BCUT2D eigenvalue weighted by molar-refractivity contribution is 7.19. The molecule has 0 radical (unpaired) electrons. The lowest BCUT2D eigenvalue weighted by molar-refractivity contribution is -0.136. The van der Waals surface area contributed by atoms with Gasteiger partial charge in [-0.25, -0.2) is 18.6 Å². The van der Waals surface area contributed by atoms with E-state index in [-0.39, 0.29) is 5.56 Å². The number of esters is 1. The number of fused-ring (bicyclic) bond motifs is 1. The van der Waals surface area contributed by atoms with Crippen molar-refractivity contribution in [2.45, 2.75) is 0 Å². The summed E-state index contributed by atoms with van der Waals surface area (Å²) < 4.78 is 31.7. The molecule has 126 valence electrons. The van der Waals surface area contributed by atoms with Crippen LogP contribution in [0.4, 0.5) is 8.78 Å². The molecule has 0 bridgehead atoms. The second kappa shape index (κ2) is 7.31. The molecule has 1 heterocycles. The van der Waals surface area contributed by atoms with Crippen molar-refractivity contribution in [2.24, 2.45) is 0 Å². The molecule has 0 unspecified atom stereocenters. The van der Waals surface area contributed by atoms with E-state index in [0.717, 1.165) is 34.5 Å². The molecule has 0 amide bonds. The number of hydrogen-bond donors (Lipinski definition) is 0. The van der Waals surface area contributed by atoms with E-state index in [4.69, 9.17) is 4.74 Å². The van der Waals surface area contributed by atoms with Gasteiger partial charge < -0.3 is 4.74 Å². The van der Waals surface area contributed by atoms with Crippen LogP contribution < -0.4 is 0 Å². The average Bonchev–Trinajstić information content (AvgIpc) is 3.03. The number of ketones is 1. The average molecular weight is 359 g/mol. The van der Waals surface area contributed by atoms with Crippen LogP contribution in [0.2, 0.25) is 0 Å². The number of carbonyl (C=O) groups excluding carboxylic acids is 2. The Morgan fingerprint density at radius 3 is 2.68 bits per heavy atom. The van der Waals surface area contributed by atoms with Gasteiger partial charge in [0.1, 0.15) is 5.01 Å². The number of benzene rings is 2. The van der Waals surface area contributed by atoms with Gasteiger partial charge in [-0.05, 0) is 36.4 Å². The highest BCUT2D eigenvalue weighted by atomic mass is 32.1. The molecule has 0 saturated heterocycles. The summed E-state index contributed by atoms with van der Waals surface area (Å²) in [6.07, 6.45) is 2.66. The summed E-state index contributed by atoms with van der Waals surface area (Å²) >= 11 is 1.41. The predicted molar refractivity (Wildman–Crippen MR) is 90.3 cm³/mol. The molecular formula is C18H11F2NO3S. The molecule has 3 aromatic rings. The van der Waals surface area contributed by atoms with Crippen molar-refractivity contribution in [3.8, 4) is 0 Å². The van der Waals surface area contributed by atoms with Crippen molar-refractivity contribution in [3.05, 3.63) is 70.7 Å². The molecule has 3 rings (SSSR count). The Balaban J connectivity index is 1.58. The van der Waals surface area contributed by atoms with Crippen LogP contribution in [0.1, 0.15) is 15.4 Å². The maximum atomic E-state index is 13.1. The summed E-state index contributed by atoms with van der Waals surface area (Å²) in [4.78, 5) is 27.8. The second-order valence-electron chi connectivity index (χ2n) is 5.01. The highest BCUT2D eigenvalue weighted by Crippen LogP contribution is 2.22. The molecule has 25 heavy (non-hydrogen) atoms. The first kappa shape index (κ1) is 16.9. The van der Waals surface area contributed by atoms with Gasteiger partial charge in [-0.1, -0.05) is 12.1 Å².